The molecule has 0 bridgehead atoms. The molecule has 134 valence electrons. The summed E-state index contributed by atoms with van der Waals surface area (Å²) in [5, 5.41) is 3.96. The molecule has 1 saturated heterocycles. The molecule has 0 aliphatic carbocycles. The molecule has 1 fully saturated rings. The number of hydrogen-bond donors (Lipinski definition) is 1. The van der Waals surface area contributed by atoms with Crippen LogP contribution in [-0.2, 0) is 0 Å². The Morgan fingerprint density at radius 2 is 1.78 bits per heavy atom. The molecule has 1 atom stereocenters. The molecule has 1 aromatic rings. The highest BCUT2D eigenvalue weighted by Crippen LogP contribution is 2.36. The molecule has 0 spiro atoms. The van der Waals surface area contributed by atoms with E-state index in [1.54, 1.807) is 12.1 Å². The van der Waals surface area contributed by atoms with Gasteiger partial charge in [0.25, 0.3) is 0 Å². The van der Waals surface area contributed by atoms with E-state index in [2.05, 4.69) is 24.1 Å². The molecule has 0 saturated carbocycles. The zero-order chi connectivity index (χ0) is 15.4. The van der Waals surface area contributed by atoms with Crippen LogP contribution in [0, 0.1) is 18.7 Å². The minimum Gasteiger partial charge on any atom is -0.314 e. The molecule has 6 heteroatoms. The van der Waals surface area contributed by atoms with E-state index in [1.165, 1.54) is 0 Å². The molecule has 0 aromatic heterocycles. The molecule has 0 unspecified atom stereocenters. The van der Waals surface area contributed by atoms with Crippen LogP contribution in [0.5, 0.6) is 0 Å². The molecular formula is C17H28Cl3FN2. The Morgan fingerprint density at radius 3 is 2.35 bits per heavy atom. The Labute approximate surface area is 157 Å². The van der Waals surface area contributed by atoms with Gasteiger partial charge in [-0.05, 0) is 37.3 Å². The molecule has 1 N–H and O–H groups in total. The number of hydrogen-bond acceptors (Lipinski definition) is 2. The third kappa shape index (κ3) is 6.06. The van der Waals surface area contributed by atoms with E-state index in [1.807, 2.05) is 6.92 Å². The first kappa shape index (κ1) is 22.9. The van der Waals surface area contributed by atoms with Crippen molar-refractivity contribution in [2.75, 3.05) is 26.2 Å². The minimum atomic E-state index is -0.169. The highest BCUT2D eigenvalue weighted by molar-refractivity contribution is 6.32. The maximum absolute atomic E-state index is 14.4. The number of halogens is 4. The fraction of sp³-hybridized carbons (Fsp3) is 0.647. The fourth-order valence-electron chi connectivity index (χ4n) is 2.98. The number of nitrogens with one attached hydrogen (secondary N) is 1. The first-order valence-corrected chi connectivity index (χ1v) is 8.27. The van der Waals surface area contributed by atoms with Crippen molar-refractivity contribution in [1.29, 1.82) is 0 Å². The van der Waals surface area contributed by atoms with Crippen LogP contribution in [0.15, 0.2) is 12.1 Å². The molecule has 23 heavy (non-hydrogen) atoms. The van der Waals surface area contributed by atoms with Crippen LogP contribution < -0.4 is 5.32 Å². The van der Waals surface area contributed by atoms with Gasteiger partial charge in [0.15, 0.2) is 0 Å². The SMILES string of the molecule is Cc1ccc(F)c([C@@H](CCC(C)C)N2CCNCC2)c1Cl.Cl.Cl. The first-order valence-electron chi connectivity index (χ1n) is 7.90. The Kier molecular flexibility index (Phi) is 10.7. The van der Waals surface area contributed by atoms with Gasteiger partial charge in [-0.1, -0.05) is 31.5 Å². The van der Waals surface area contributed by atoms with Crippen LogP contribution in [0.25, 0.3) is 0 Å². The molecular weight excluding hydrogens is 358 g/mol. The average molecular weight is 386 g/mol. The van der Waals surface area contributed by atoms with Gasteiger partial charge in [0.2, 0.25) is 0 Å². The quantitative estimate of drug-likeness (QED) is 0.766. The van der Waals surface area contributed by atoms with Gasteiger partial charge >= 0.3 is 0 Å². The Balaban J connectivity index is 0.00000242. The van der Waals surface area contributed by atoms with Crippen molar-refractivity contribution in [2.45, 2.75) is 39.7 Å². The summed E-state index contributed by atoms with van der Waals surface area (Å²) in [5.41, 5.74) is 1.65. The molecule has 0 radical (unpaired) electrons. The van der Waals surface area contributed by atoms with Crippen molar-refractivity contribution in [3.63, 3.8) is 0 Å². The Hall–Kier alpha value is -0.0600. The van der Waals surface area contributed by atoms with E-state index in [0.29, 0.717) is 16.5 Å². The standard InChI is InChI=1S/C17H26ClFN2.2ClH/c1-12(2)4-7-15(21-10-8-20-9-11-21)16-14(19)6-5-13(3)17(16)18;;/h5-6,12,15,20H,4,7-11H2,1-3H3;2*1H/t15-;;/m1../s1. The summed E-state index contributed by atoms with van der Waals surface area (Å²) in [6, 6.07) is 3.40. The van der Waals surface area contributed by atoms with E-state index in [9.17, 15) is 4.39 Å². The second-order valence-corrected chi connectivity index (χ2v) is 6.74. The van der Waals surface area contributed by atoms with Crippen LogP contribution >= 0.6 is 36.4 Å². The summed E-state index contributed by atoms with van der Waals surface area (Å²) in [6.45, 7) is 10.2. The summed E-state index contributed by atoms with van der Waals surface area (Å²) in [6.07, 6.45) is 2.04. The normalized spacial score (nSPS) is 16.6. The molecule has 2 rings (SSSR count). The van der Waals surface area contributed by atoms with E-state index in [0.717, 1.165) is 44.6 Å². The summed E-state index contributed by atoms with van der Waals surface area (Å²) >= 11 is 6.45. The van der Waals surface area contributed by atoms with E-state index >= 15 is 0 Å². The van der Waals surface area contributed by atoms with Crippen molar-refractivity contribution in [3.8, 4) is 0 Å². The zero-order valence-corrected chi connectivity index (χ0v) is 16.5. The summed E-state index contributed by atoms with van der Waals surface area (Å²) in [4.78, 5) is 2.38. The van der Waals surface area contributed by atoms with Gasteiger partial charge in [0.1, 0.15) is 5.82 Å². The van der Waals surface area contributed by atoms with E-state index in [4.69, 9.17) is 11.6 Å². The summed E-state index contributed by atoms with van der Waals surface area (Å²) in [5.74, 6) is 0.444. The number of nitrogens with zero attached hydrogens (tertiary/aromatic N) is 1. The number of piperazine rings is 1. The van der Waals surface area contributed by atoms with Gasteiger partial charge < -0.3 is 5.32 Å². The second-order valence-electron chi connectivity index (χ2n) is 6.36. The van der Waals surface area contributed by atoms with Crippen molar-refractivity contribution in [3.05, 3.63) is 34.1 Å². The lowest BCUT2D eigenvalue weighted by molar-refractivity contribution is 0.156. The highest BCUT2D eigenvalue weighted by atomic mass is 35.5. The van der Waals surface area contributed by atoms with E-state index < -0.39 is 0 Å². The third-order valence-electron chi connectivity index (χ3n) is 4.26. The number of benzene rings is 1. The predicted octanol–water partition coefficient (Wildman–Crippen LogP) is 5.01. The largest absolute Gasteiger partial charge is 0.314 e. The maximum Gasteiger partial charge on any atom is 0.129 e. The Morgan fingerprint density at radius 1 is 1.17 bits per heavy atom. The minimum absolute atomic E-state index is 0. The molecule has 0 amide bonds. The Bertz CT molecular complexity index is 477. The number of aryl methyl sites for hydroxylation is 1. The van der Waals surface area contributed by atoms with Crippen LogP contribution in [0.1, 0.15) is 43.9 Å². The first-order chi connectivity index (χ1) is 10.0. The smallest absolute Gasteiger partial charge is 0.129 e. The lowest BCUT2D eigenvalue weighted by atomic mass is 9.94. The number of rotatable bonds is 5. The average Bonchev–Trinajstić information content (AvgIpc) is 2.47. The highest BCUT2D eigenvalue weighted by Gasteiger charge is 2.27. The predicted molar refractivity (Wildman–Crippen MR) is 102 cm³/mol. The molecule has 1 heterocycles. The topological polar surface area (TPSA) is 15.3 Å². The van der Waals surface area contributed by atoms with Gasteiger partial charge in [-0.3, -0.25) is 4.90 Å². The molecule has 1 aliphatic rings. The van der Waals surface area contributed by atoms with Crippen molar-refractivity contribution in [2.24, 2.45) is 5.92 Å². The van der Waals surface area contributed by atoms with Crippen molar-refractivity contribution < 1.29 is 4.39 Å². The lowest BCUT2D eigenvalue weighted by Crippen LogP contribution is -2.45. The lowest BCUT2D eigenvalue weighted by Gasteiger charge is -2.36. The zero-order valence-electron chi connectivity index (χ0n) is 14.1. The maximum atomic E-state index is 14.4. The van der Waals surface area contributed by atoms with Crippen LogP contribution in [0.3, 0.4) is 0 Å². The van der Waals surface area contributed by atoms with Crippen LogP contribution in [-0.4, -0.2) is 31.1 Å². The molecule has 1 aliphatic heterocycles. The second kappa shape index (κ2) is 10.7. The van der Waals surface area contributed by atoms with Gasteiger partial charge in [0, 0.05) is 37.8 Å². The monoisotopic (exact) mass is 384 g/mol. The van der Waals surface area contributed by atoms with Crippen molar-refractivity contribution >= 4 is 36.4 Å². The van der Waals surface area contributed by atoms with Crippen LogP contribution in [0.2, 0.25) is 5.02 Å². The molecule has 1 aromatic carbocycles. The molecule has 2 nitrogen and oxygen atoms in total. The fourth-order valence-corrected chi connectivity index (χ4v) is 3.26. The van der Waals surface area contributed by atoms with Gasteiger partial charge in [-0.25, -0.2) is 4.39 Å². The summed E-state index contributed by atoms with van der Waals surface area (Å²) in [7, 11) is 0. The van der Waals surface area contributed by atoms with Crippen LogP contribution in [0.4, 0.5) is 4.39 Å². The van der Waals surface area contributed by atoms with Gasteiger partial charge in [0.05, 0.1) is 5.02 Å². The summed E-state index contributed by atoms with van der Waals surface area (Å²) < 4.78 is 14.4. The van der Waals surface area contributed by atoms with Gasteiger partial charge in [-0.15, -0.1) is 24.8 Å². The van der Waals surface area contributed by atoms with Gasteiger partial charge in [-0.2, -0.15) is 0 Å². The van der Waals surface area contributed by atoms with E-state index in [-0.39, 0.29) is 36.7 Å². The van der Waals surface area contributed by atoms with Crippen molar-refractivity contribution in [1.82, 2.24) is 10.2 Å². The third-order valence-corrected chi connectivity index (χ3v) is 4.76.